The molecule has 1 saturated carbocycles. The molecule has 0 atom stereocenters. The highest BCUT2D eigenvalue weighted by Crippen LogP contribution is 2.38. The molecule has 0 spiro atoms. The maximum atomic E-state index is 12.4. The first-order valence-electron chi connectivity index (χ1n) is 10.3. The molecule has 30 heavy (non-hydrogen) atoms. The summed E-state index contributed by atoms with van der Waals surface area (Å²) in [5.41, 5.74) is 9.63. The van der Waals surface area contributed by atoms with Crippen LogP contribution >= 0.6 is 0 Å². The summed E-state index contributed by atoms with van der Waals surface area (Å²) in [6.45, 7) is 2.05. The van der Waals surface area contributed by atoms with Gasteiger partial charge in [0.05, 0.1) is 11.3 Å². The van der Waals surface area contributed by atoms with Gasteiger partial charge in [-0.3, -0.25) is 9.20 Å². The number of rotatable bonds is 3. The van der Waals surface area contributed by atoms with Gasteiger partial charge in [-0.15, -0.1) is 0 Å². The Morgan fingerprint density at radius 2 is 2.07 bits per heavy atom. The van der Waals surface area contributed by atoms with Gasteiger partial charge < -0.3 is 10.6 Å². The van der Waals surface area contributed by atoms with Crippen LogP contribution in [-0.2, 0) is 0 Å². The largest absolute Gasteiger partial charge is 0.382 e. The van der Waals surface area contributed by atoms with E-state index in [2.05, 4.69) is 27.4 Å². The van der Waals surface area contributed by atoms with Crippen LogP contribution in [0.2, 0.25) is 0 Å². The predicted octanol–water partition coefficient (Wildman–Crippen LogP) is 3.94. The lowest BCUT2D eigenvalue weighted by atomic mass is 9.85. The van der Waals surface area contributed by atoms with Crippen molar-refractivity contribution in [2.24, 2.45) is 0 Å². The summed E-state index contributed by atoms with van der Waals surface area (Å²) in [4.78, 5) is 21.6. The van der Waals surface area contributed by atoms with Gasteiger partial charge >= 0.3 is 0 Å². The molecule has 6 nitrogen and oxygen atoms in total. The van der Waals surface area contributed by atoms with Crippen LogP contribution in [-0.4, -0.2) is 45.7 Å². The van der Waals surface area contributed by atoms with Gasteiger partial charge in [-0.25, -0.2) is 14.4 Å². The number of fused-ring (bicyclic) bond motifs is 1. The van der Waals surface area contributed by atoms with E-state index in [-0.39, 0.29) is 5.56 Å². The average molecular weight is 407 g/mol. The molecule has 5 rings (SSSR count). The Labute approximate surface area is 175 Å². The second kappa shape index (κ2) is 8.75. The summed E-state index contributed by atoms with van der Waals surface area (Å²) in [5.74, 6) is 1.87. The van der Waals surface area contributed by atoms with E-state index in [0.29, 0.717) is 18.0 Å². The Morgan fingerprint density at radius 1 is 1.27 bits per heavy atom. The molecule has 7 heteroatoms. The van der Waals surface area contributed by atoms with Crippen LogP contribution in [0.15, 0.2) is 42.7 Å². The fraction of sp³-hybridized carbons (Fsp3) is 0.348. The monoisotopic (exact) mass is 407 g/mol. The van der Waals surface area contributed by atoms with Crippen molar-refractivity contribution in [1.82, 2.24) is 19.3 Å². The van der Waals surface area contributed by atoms with Crippen molar-refractivity contribution in [3.05, 3.63) is 65.6 Å². The van der Waals surface area contributed by atoms with Gasteiger partial charge in [0.25, 0.3) is 0 Å². The lowest BCUT2D eigenvalue weighted by molar-refractivity contribution is 0.112. The highest BCUT2D eigenvalue weighted by molar-refractivity contribution is 5.83. The highest BCUT2D eigenvalue weighted by atomic mass is 19.1. The molecule has 2 aliphatic rings. The van der Waals surface area contributed by atoms with Crippen LogP contribution < -0.4 is 5.73 Å². The van der Waals surface area contributed by atoms with E-state index in [0.717, 1.165) is 30.7 Å². The second-order valence-corrected chi connectivity index (χ2v) is 7.86. The van der Waals surface area contributed by atoms with Gasteiger partial charge in [-0.05, 0) is 44.0 Å². The molecule has 156 valence electrons. The van der Waals surface area contributed by atoms with E-state index >= 15 is 0 Å². The fourth-order valence-electron chi connectivity index (χ4n) is 3.82. The SMILES string of the molecule is CN1CC=C(c2nc(C3CCC3)n3ccnc(N)c23)CC1.O=Cc1ccccc1F. The molecule has 0 unspecified atom stereocenters. The first kappa shape index (κ1) is 20.2. The van der Waals surface area contributed by atoms with E-state index in [1.165, 1.54) is 42.8 Å². The Morgan fingerprint density at radius 3 is 2.67 bits per heavy atom. The number of hydrogen-bond acceptors (Lipinski definition) is 5. The summed E-state index contributed by atoms with van der Waals surface area (Å²) >= 11 is 0. The van der Waals surface area contributed by atoms with E-state index in [1.54, 1.807) is 18.3 Å². The van der Waals surface area contributed by atoms with E-state index in [1.807, 2.05) is 6.20 Å². The van der Waals surface area contributed by atoms with Crippen molar-refractivity contribution in [1.29, 1.82) is 0 Å². The number of hydrogen-bond donors (Lipinski definition) is 1. The zero-order chi connectivity index (χ0) is 21.1. The Kier molecular flexibility index (Phi) is 5.90. The minimum absolute atomic E-state index is 0.109. The molecule has 0 bridgehead atoms. The third-order valence-corrected chi connectivity index (χ3v) is 5.83. The molecular formula is C23H26FN5O. The first-order valence-corrected chi connectivity index (χ1v) is 10.3. The van der Waals surface area contributed by atoms with Crippen LogP contribution in [0, 0.1) is 5.82 Å². The van der Waals surface area contributed by atoms with Gasteiger partial charge in [0, 0.05) is 31.4 Å². The van der Waals surface area contributed by atoms with Crippen molar-refractivity contribution < 1.29 is 9.18 Å². The minimum atomic E-state index is -0.465. The number of halogens is 1. The number of aromatic nitrogens is 3. The summed E-state index contributed by atoms with van der Waals surface area (Å²) in [5, 5.41) is 0. The summed E-state index contributed by atoms with van der Waals surface area (Å²) < 4.78 is 14.5. The Bertz CT molecular complexity index is 1090. The van der Waals surface area contributed by atoms with Crippen molar-refractivity contribution in [3.63, 3.8) is 0 Å². The zero-order valence-electron chi connectivity index (χ0n) is 17.1. The molecule has 0 saturated heterocycles. The number of benzene rings is 1. The maximum Gasteiger partial charge on any atom is 0.152 e. The molecule has 0 radical (unpaired) electrons. The lowest BCUT2D eigenvalue weighted by Crippen LogP contribution is -2.23. The smallest absolute Gasteiger partial charge is 0.152 e. The number of likely N-dealkylation sites (N-methyl/N-ethyl adjacent to an activating group) is 1. The normalized spacial score (nSPS) is 17.1. The van der Waals surface area contributed by atoms with Gasteiger partial charge in [0.15, 0.2) is 6.29 Å². The predicted molar refractivity (Wildman–Crippen MR) is 116 cm³/mol. The van der Waals surface area contributed by atoms with Crippen molar-refractivity contribution in [3.8, 4) is 0 Å². The van der Waals surface area contributed by atoms with Gasteiger partial charge in [0.1, 0.15) is 23.0 Å². The third kappa shape index (κ3) is 3.98. The number of nitrogen functional groups attached to an aromatic ring is 1. The number of anilines is 1. The molecular weight excluding hydrogens is 381 g/mol. The van der Waals surface area contributed by atoms with E-state index in [4.69, 9.17) is 10.7 Å². The average Bonchev–Trinajstić information content (AvgIpc) is 3.09. The number of imidazole rings is 1. The number of carbonyl (C=O) groups is 1. The van der Waals surface area contributed by atoms with Crippen molar-refractivity contribution in [2.75, 3.05) is 25.9 Å². The molecule has 1 aliphatic carbocycles. The van der Waals surface area contributed by atoms with E-state index < -0.39 is 5.82 Å². The molecule has 1 aromatic carbocycles. The molecule has 2 aromatic heterocycles. The number of carbonyl (C=O) groups excluding carboxylic acids is 1. The van der Waals surface area contributed by atoms with Gasteiger partial charge in [0.2, 0.25) is 0 Å². The van der Waals surface area contributed by atoms with Crippen LogP contribution in [0.25, 0.3) is 11.1 Å². The Hall–Kier alpha value is -3.06. The van der Waals surface area contributed by atoms with Crippen molar-refractivity contribution in [2.45, 2.75) is 31.6 Å². The van der Waals surface area contributed by atoms with Crippen LogP contribution in [0.3, 0.4) is 0 Å². The van der Waals surface area contributed by atoms with E-state index in [9.17, 15) is 9.18 Å². The van der Waals surface area contributed by atoms with Crippen molar-refractivity contribution >= 4 is 23.2 Å². The molecule has 3 heterocycles. The van der Waals surface area contributed by atoms with Crippen LogP contribution in [0.4, 0.5) is 10.2 Å². The standard InChI is InChI=1S/C16H21N5.C7H5FO/c1-20-8-5-11(6-9-20)13-14-15(17)18-7-10-21(14)16(19-13)12-3-2-4-12;8-7-4-2-1-3-6(7)5-9/h5,7,10,12H,2-4,6,8-9H2,1H3,(H2,17,18);1-5H. The number of nitrogens with zero attached hydrogens (tertiary/aromatic N) is 4. The molecule has 1 fully saturated rings. The summed E-state index contributed by atoms with van der Waals surface area (Å²) in [7, 11) is 2.15. The first-order chi connectivity index (χ1) is 14.6. The molecule has 1 aliphatic heterocycles. The maximum absolute atomic E-state index is 12.4. The fourth-order valence-corrected chi connectivity index (χ4v) is 3.82. The molecule has 3 aromatic rings. The minimum Gasteiger partial charge on any atom is -0.382 e. The lowest BCUT2D eigenvalue weighted by Gasteiger charge is -2.24. The topological polar surface area (TPSA) is 76.5 Å². The quantitative estimate of drug-likeness (QED) is 0.666. The zero-order valence-corrected chi connectivity index (χ0v) is 17.1. The van der Waals surface area contributed by atoms with Gasteiger partial charge in [-0.1, -0.05) is 24.6 Å². The summed E-state index contributed by atoms with van der Waals surface area (Å²) in [6.07, 6.45) is 11.4. The second-order valence-electron chi connectivity index (χ2n) is 7.86. The van der Waals surface area contributed by atoms with Crippen LogP contribution in [0.1, 0.15) is 53.5 Å². The molecule has 2 N–H and O–H groups in total. The third-order valence-electron chi connectivity index (χ3n) is 5.83. The number of aldehydes is 1. The Balaban J connectivity index is 0.000000204. The van der Waals surface area contributed by atoms with Gasteiger partial charge in [-0.2, -0.15) is 0 Å². The number of nitrogens with two attached hydrogens (primary N) is 1. The summed E-state index contributed by atoms with van der Waals surface area (Å²) in [6, 6.07) is 5.85. The molecule has 0 amide bonds. The highest BCUT2D eigenvalue weighted by Gasteiger charge is 2.27. The van der Waals surface area contributed by atoms with Crippen LogP contribution in [0.5, 0.6) is 0 Å².